The summed E-state index contributed by atoms with van der Waals surface area (Å²) in [6, 6.07) is 0. The number of allylic oxidation sites excluding steroid dienone is 1. The first-order valence-corrected chi connectivity index (χ1v) is 4.60. The molecule has 2 aliphatic rings. The van der Waals surface area contributed by atoms with Crippen LogP contribution in [0.15, 0.2) is 23.7 Å². The van der Waals surface area contributed by atoms with Gasteiger partial charge in [-0.3, -0.25) is 0 Å². The third-order valence-electron chi connectivity index (χ3n) is 2.48. The van der Waals surface area contributed by atoms with Crippen molar-refractivity contribution in [3.05, 3.63) is 23.7 Å². The molecule has 0 fully saturated rings. The molecule has 0 radical (unpaired) electrons. The van der Waals surface area contributed by atoms with Crippen LogP contribution in [0.2, 0.25) is 0 Å². The minimum Gasteiger partial charge on any atom is -0.481 e. The quantitative estimate of drug-likeness (QED) is 0.474. The van der Waals surface area contributed by atoms with Crippen molar-refractivity contribution in [2.75, 3.05) is 0 Å². The molecule has 1 aliphatic carbocycles. The van der Waals surface area contributed by atoms with E-state index in [-0.39, 0.29) is 11.5 Å². The molecule has 0 saturated heterocycles. The summed E-state index contributed by atoms with van der Waals surface area (Å²) in [5.74, 6) is -1.77. The number of rotatable bonds is 0. The topological polar surface area (TPSA) is 55.8 Å². The third-order valence-corrected chi connectivity index (χ3v) is 2.48. The SMILES string of the molecule is CC1=C(O)O[C@]2(CC=CCC2)OC1=O. The van der Waals surface area contributed by atoms with E-state index in [9.17, 15) is 9.90 Å². The number of esters is 1. The Labute approximate surface area is 81.8 Å². The van der Waals surface area contributed by atoms with Crippen LogP contribution >= 0.6 is 0 Å². The molecule has 0 amide bonds. The minimum absolute atomic E-state index is 0.130. The highest BCUT2D eigenvalue weighted by Gasteiger charge is 2.42. The smallest absolute Gasteiger partial charge is 0.344 e. The molecule has 14 heavy (non-hydrogen) atoms. The molecule has 76 valence electrons. The number of hydrogen-bond donors (Lipinski definition) is 1. The van der Waals surface area contributed by atoms with Gasteiger partial charge in [0.15, 0.2) is 0 Å². The molecular weight excluding hydrogens is 184 g/mol. The van der Waals surface area contributed by atoms with E-state index in [4.69, 9.17) is 9.47 Å². The van der Waals surface area contributed by atoms with E-state index in [0.29, 0.717) is 12.8 Å². The molecule has 1 atom stereocenters. The maximum absolute atomic E-state index is 11.3. The Morgan fingerprint density at radius 3 is 2.79 bits per heavy atom. The molecule has 0 aromatic heterocycles. The molecular formula is C10H12O4. The van der Waals surface area contributed by atoms with Crippen LogP contribution in [0.5, 0.6) is 0 Å². The second-order valence-corrected chi connectivity index (χ2v) is 3.55. The Morgan fingerprint density at radius 2 is 2.21 bits per heavy atom. The highest BCUT2D eigenvalue weighted by molar-refractivity contribution is 5.88. The molecule has 1 N–H and O–H groups in total. The zero-order valence-corrected chi connectivity index (χ0v) is 7.95. The van der Waals surface area contributed by atoms with E-state index in [1.54, 1.807) is 0 Å². The van der Waals surface area contributed by atoms with Gasteiger partial charge >= 0.3 is 5.97 Å². The Hall–Kier alpha value is -1.45. The van der Waals surface area contributed by atoms with Crippen molar-refractivity contribution in [3.8, 4) is 0 Å². The van der Waals surface area contributed by atoms with Gasteiger partial charge in [0.2, 0.25) is 0 Å². The summed E-state index contributed by atoms with van der Waals surface area (Å²) in [4.78, 5) is 11.3. The van der Waals surface area contributed by atoms with E-state index >= 15 is 0 Å². The second-order valence-electron chi connectivity index (χ2n) is 3.55. The lowest BCUT2D eigenvalue weighted by molar-refractivity contribution is -0.240. The van der Waals surface area contributed by atoms with Crippen molar-refractivity contribution in [3.63, 3.8) is 0 Å². The van der Waals surface area contributed by atoms with Gasteiger partial charge in [-0.05, 0) is 13.3 Å². The summed E-state index contributed by atoms with van der Waals surface area (Å²) in [7, 11) is 0. The summed E-state index contributed by atoms with van der Waals surface area (Å²) in [5.41, 5.74) is 0.130. The van der Waals surface area contributed by atoms with Crippen LogP contribution in [0, 0.1) is 0 Å². The summed E-state index contributed by atoms with van der Waals surface area (Å²) < 4.78 is 10.4. The predicted octanol–water partition coefficient (Wildman–Crippen LogP) is 1.79. The third kappa shape index (κ3) is 1.36. The van der Waals surface area contributed by atoms with Crippen molar-refractivity contribution in [2.45, 2.75) is 32.0 Å². The molecule has 1 heterocycles. The Balaban J connectivity index is 2.26. The van der Waals surface area contributed by atoms with Crippen LogP contribution in [0.25, 0.3) is 0 Å². The van der Waals surface area contributed by atoms with Crippen molar-refractivity contribution in [1.29, 1.82) is 0 Å². The van der Waals surface area contributed by atoms with Gasteiger partial charge in [-0.1, -0.05) is 12.2 Å². The van der Waals surface area contributed by atoms with E-state index in [0.717, 1.165) is 6.42 Å². The average molecular weight is 196 g/mol. The minimum atomic E-state index is -0.963. The lowest BCUT2D eigenvalue weighted by Crippen LogP contribution is -2.42. The molecule has 0 aromatic rings. The maximum atomic E-state index is 11.3. The molecule has 4 heteroatoms. The summed E-state index contributed by atoms with van der Waals surface area (Å²) in [6.45, 7) is 1.48. The van der Waals surface area contributed by atoms with Gasteiger partial charge in [0.25, 0.3) is 11.7 Å². The first-order valence-electron chi connectivity index (χ1n) is 4.60. The summed E-state index contributed by atoms with van der Waals surface area (Å²) in [5, 5.41) is 9.40. The normalized spacial score (nSPS) is 31.6. The molecule has 2 rings (SSSR count). The Bertz CT molecular complexity index is 329. The van der Waals surface area contributed by atoms with E-state index < -0.39 is 11.8 Å². The molecule has 0 aromatic carbocycles. The van der Waals surface area contributed by atoms with Gasteiger partial charge in [0.05, 0.1) is 0 Å². The van der Waals surface area contributed by atoms with Crippen LogP contribution in [-0.2, 0) is 14.3 Å². The van der Waals surface area contributed by atoms with E-state index in [2.05, 4.69) is 0 Å². The van der Waals surface area contributed by atoms with Gasteiger partial charge in [-0.25, -0.2) is 4.79 Å². The second kappa shape index (κ2) is 3.04. The molecule has 1 spiro atoms. The number of hydrogen-bond acceptors (Lipinski definition) is 4. The lowest BCUT2D eigenvalue weighted by Gasteiger charge is -2.36. The molecule has 0 bridgehead atoms. The largest absolute Gasteiger partial charge is 0.481 e. The maximum Gasteiger partial charge on any atom is 0.344 e. The summed E-state index contributed by atoms with van der Waals surface area (Å²) >= 11 is 0. The zero-order valence-electron chi connectivity index (χ0n) is 7.95. The first kappa shape index (κ1) is 9.12. The van der Waals surface area contributed by atoms with Crippen LogP contribution < -0.4 is 0 Å². The first-order chi connectivity index (χ1) is 6.63. The lowest BCUT2D eigenvalue weighted by atomic mass is 9.99. The number of aliphatic hydroxyl groups excluding tert-OH is 1. The van der Waals surface area contributed by atoms with Crippen molar-refractivity contribution < 1.29 is 19.4 Å². The van der Waals surface area contributed by atoms with Gasteiger partial charge in [-0.2, -0.15) is 0 Å². The van der Waals surface area contributed by atoms with E-state index in [1.165, 1.54) is 6.92 Å². The zero-order chi connectivity index (χ0) is 10.2. The number of carbonyl (C=O) groups excluding carboxylic acids is 1. The highest BCUT2D eigenvalue weighted by Crippen LogP contribution is 2.35. The average Bonchev–Trinajstić information content (AvgIpc) is 2.15. The van der Waals surface area contributed by atoms with Crippen LogP contribution in [0.4, 0.5) is 0 Å². The standard InChI is InChI=1S/C10H12O4/c1-7-8(11)13-10(14-9(7)12)5-3-2-4-6-10/h2-3,11H,4-6H2,1H3/t10-/m1/s1. The molecule has 0 unspecified atom stereocenters. The Kier molecular flexibility index (Phi) is 1.98. The Morgan fingerprint density at radius 1 is 1.43 bits per heavy atom. The van der Waals surface area contributed by atoms with Crippen LogP contribution in [0.1, 0.15) is 26.2 Å². The number of ether oxygens (including phenoxy) is 2. The van der Waals surface area contributed by atoms with Gasteiger partial charge in [0.1, 0.15) is 5.57 Å². The van der Waals surface area contributed by atoms with Gasteiger partial charge < -0.3 is 14.6 Å². The van der Waals surface area contributed by atoms with E-state index in [1.807, 2.05) is 12.2 Å². The molecule has 1 aliphatic heterocycles. The monoisotopic (exact) mass is 196 g/mol. The summed E-state index contributed by atoms with van der Waals surface area (Å²) in [6.07, 6.45) is 5.78. The molecule has 0 saturated carbocycles. The van der Waals surface area contributed by atoms with Crippen molar-refractivity contribution in [2.24, 2.45) is 0 Å². The number of aliphatic hydroxyl groups is 1. The van der Waals surface area contributed by atoms with Crippen molar-refractivity contribution in [1.82, 2.24) is 0 Å². The fraction of sp³-hybridized carbons (Fsp3) is 0.500. The van der Waals surface area contributed by atoms with Crippen molar-refractivity contribution >= 4 is 5.97 Å². The van der Waals surface area contributed by atoms with Crippen LogP contribution in [-0.4, -0.2) is 16.9 Å². The van der Waals surface area contributed by atoms with Crippen LogP contribution in [0.3, 0.4) is 0 Å². The number of carbonyl (C=O) groups is 1. The fourth-order valence-electron chi connectivity index (χ4n) is 1.58. The van der Waals surface area contributed by atoms with Gasteiger partial charge in [-0.15, -0.1) is 0 Å². The molecule has 4 nitrogen and oxygen atoms in total. The predicted molar refractivity (Wildman–Crippen MR) is 48.2 cm³/mol. The highest BCUT2D eigenvalue weighted by atomic mass is 16.8. The van der Waals surface area contributed by atoms with Gasteiger partial charge in [0, 0.05) is 12.8 Å². The fourth-order valence-corrected chi connectivity index (χ4v) is 1.58.